The van der Waals surface area contributed by atoms with Gasteiger partial charge in [-0.15, -0.1) is 0 Å². The number of carbonyl (C=O) groups is 1. The van der Waals surface area contributed by atoms with Crippen LogP contribution in [0.25, 0.3) is 0 Å². The van der Waals surface area contributed by atoms with E-state index < -0.39 is 0 Å². The summed E-state index contributed by atoms with van der Waals surface area (Å²) in [6.07, 6.45) is 0. The number of anilines is 1. The van der Waals surface area contributed by atoms with Gasteiger partial charge in [0.25, 0.3) is 5.91 Å². The van der Waals surface area contributed by atoms with E-state index >= 15 is 0 Å². The zero-order valence-corrected chi connectivity index (χ0v) is 12.4. The van der Waals surface area contributed by atoms with Crippen molar-refractivity contribution in [3.05, 3.63) is 64.2 Å². The van der Waals surface area contributed by atoms with Crippen molar-refractivity contribution in [2.45, 2.75) is 6.92 Å². The molecule has 0 bridgehead atoms. The summed E-state index contributed by atoms with van der Waals surface area (Å²) in [5.41, 5.74) is 8.32. The number of aryl methyl sites for hydroxylation is 1. The largest absolute Gasteiger partial charge is 0.389 e. The predicted molar refractivity (Wildman–Crippen MR) is 86.5 cm³/mol. The van der Waals surface area contributed by atoms with Crippen LogP contribution >= 0.6 is 23.8 Å². The molecular formula is C15H13ClN2OS. The second-order valence-corrected chi connectivity index (χ2v) is 5.17. The highest BCUT2D eigenvalue weighted by atomic mass is 35.5. The molecule has 0 aliphatic carbocycles. The van der Waals surface area contributed by atoms with E-state index in [4.69, 9.17) is 29.6 Å². The maximum Gasteiger partial charge on any atom is 0.257 e. The van der Waals surface area contributed by atoms with Crippen LogP contribution in [0, 0.1) is 6.92 Å². The minimum atomic E-state index is -0.265. The summed E-state index contributed by atoms with van der Waals surface area (Å²) >= 11 is 10.9. The van der Waals surface area contributed by atoms with Gasteiger partial charge in [0, 0.05) is 11.3 Å². The molecule has 0 unspecified atom stereocenters. The fraction of sp³-hybridized carbons (Fsp3) is 0.0667. The van der Waals surface area contributed by atoms with Crippen LogP contribution in [0.3, 0.4) is 0 Å². The molecule has 2 aromatic carbocycles. The van der Waals surface area contributed by atoms with Crippen molar-refractivity contribution < 1.29 is 4.79 Å². The van der Waals surface area contributed by atoms with Crippen molar-refractivity contribution in [1.82, 2.24) is 0 Å². The molecule has 0 fully saturated rings. The van der Waals surface area contributed by atoms with Crippen LogP contribution in [0.2, 0.25) is 5.02 Å². The van der Waals surface area contributed by atoms with E-state index in [1.165, 1.54) is 0 Å². The first-order valence-electron chi connectivity index (χ1n) is 5.95. The summed E-state index contributed by atoms with van der Waals surface area (Å²) in [6, 6.07) is 12.3. The zero-order chi connectivity index (χ0) is 14.7. The molecule has 5 heteroatoms. The van der Waals surface area contributed by atoms with E-state index in [-0.39, 0.29) is 5.91 Å². The summed E-state index contributed by atoms with van der Waals surface area (Å²) in [5, 5.41) is 3.23. The van der Waals surface area contributed by atoms with E-state index in [1.54, 1.807) is 30.3 Å². The van der Waals surface area contributed by atoms with Gasteiger partial charge in [0.05, 0.1) is 10.6 Å². The van der Waals surface area contributed by atoms with Gasteiger partial charge in [0.2, 0.25) is 0 Å². The molecule has 102 valence electrons. The number of benzene rings is 2. The minimum Gasteiger partial charge on any atom is -0.389 e. The molecule has 1 amide bonds. The molecule has 0 atom stereocenters. The van der Waals surface area contributed by atoms with Gasteiger partial charge >= 0.3 is 0 Å². The van der Waals surface area contributed by atoms with E-state index in [2.05, 4.69) is 5.32 Å². The topological polar surface area (TPSA) is 55.1 Å². The fourth-order valence-electron chi connectivity index (χ4n) is 1.74. The third-order valence-electron chi connectivity index (χ3n) is 2.89. The number of amides is 1. The maximum absolute atomic E-state index is 12.2. The number of nitrogens with one attached hydrogen (secondary N) is 1. The first-order valence-corrected chi connectivity index (χ1v) is 6.74. The first kappa shape index (κ1) is 14.5. The van der Waals surface area contributed by atoms with Crippen LogP contribution in [0.1, 0.15) is 21.5 Å². The molecule has 0 radical (unpaired) electrons. The number of hydrogen-bond acceptors (Lipinski definition) is 2. The van der Waals surface area contributed by atoms with Crippen LogP contribution in [0.15, 0.2) is 42.5 Å². The lowest BCUT2D eigenvalue weighted by atomic mass is 10.1. The normalized spacial score (nSPS) is 10.1. The average Bonchev–Trinajstić information content (AvgIpc) is 2.41. The number of nitrogens with two attached hydrogens (primary N) is 1. The van der Waals surface area contributed by atoms with Crippen molar-refractivity contribution in [2.75, 3.05) is 5.32 Å². The van der Waals surface area contributed by atoms with Gasteiger partial charge in [-0.1, -0.05) is 48.1 Å². The summed E-state index contributed by atoms with van der Waals surface area (Å²) in [4.78, 5) is 12.5. The summed E-state index contributed by atoms with van der Waals surface area (Å²) < 4.78 is 0. The average molecular weight is 305 g/mol. The van der Waals surface area contributed by atoms with Crippen LogP contribution in [-0.2, 0) is 0 Å². The highest BCUT2D eigenvalue weighted by Crippen LogP contribution is 2.20. The standard InChI is InChI=1S/C15H13ClN2OS/c1-9-6-7-10(14(17)20)8-13(9)18-15(19)11-4-2-3-5-12(11)16/h2-8H,1H3,(H2,17,20)(H,18,19). The molecule has 20 heavy (non-hydrogen) atoms. The Morgan fingerprint density at radius 2 is 1.95 bits per heavy atom. The second-order valence-electron chi connectivity index (χ2n) is 4.33. The molecule has 3 N–H and O–H groups in total. The molecule has 0 saturated heterocycles. The van der Waals surface area contributed by atoms with Crippen LogP contribution in [0.4, 0.5) is 5.69 Å². The van der Waals surface area contributed by atoms with Crippen molar-refractivity contribution in [3.63, 3.8) is 0 Å². The van der Waals surface area contributed by atoms with Crippen molar-refractivity contribution in [2.24, 2.45) is 5.73 Å². The Labute approximate surface area is 127 Å². The number of carbonyl (C=O) groups excluding carboxylic acids is 1. The smallest absolute Gasteiger partial charge is 0.257 e. The van der Waals surface area contributed by atoms with Gasteiger partial charge < -0.3 is 11.1 Å². The Morgan fingerprint density at radius 1 is 1.25 bits per heavy atom. The molecule has 2 rings (SSSR count). The number of thiocarbonyl (C=S) groups is 1. The van der Waals surface area contributed by atoms with Crippen LogP contribution < -0.4 is 11.1 Å². The quantitative estimate of drug-likeness (QED) is 0.853. The third-order valence-corrected chi connectivity index (χ3v) is 3.45. The summed E-state index contributed by atoms with van der Waals surface area (Å²) in [5.74, 6) is -0.265. The first-order chi connectivity index (χ1) is 9.49. The number of hydrogen-bond donors (Lipinski definition) is 2. The van der Waals surface area contributed by atoms with Crippen LogP contribution in [0.5, 0.6) is 0 Å². The van der Waals surface area contributed by atoms with E-state index in [1.807, 2.05) is 19.1 Å². The Morgan fingerprint density at radius 3 is 2.60 bits per heavy atom. The Balaban J connectivity index is 2.30. The number of rotatable bonds is 3. The van der Waals surface area contributed by atoms with E-state index in [0.29, 0.717) is 26.8 Å². The predicted octanol–water partition coefficient (Wildman–Crippen LogP) is 3.53. The zero-order valence-electron chi connectivity index (χ0n) is 10.8. The number of halogens is 1. The second kappa shape index (κ2) is 6.03. The maximum atomic E-state index is 12.2. The van der Waals surface area contributed by atoms with E-state index in [9.17, 15) is 4.79 Å². The minimum absolute atomic E-state index is 0.265. The van der Waals surface area contributed by atoms with Crippen molar-refractivity contribution in [1.29, 1.82) is 0 Å². The van der Waals surface area contributed by atoms with Crippen molar-refractivity contribution in [3.8, 4) is 0 Å². The lowest BCUT2D eigenvalue weighted by Crippen LogP contribution is -2.15. The summed E-state index contributed by atoms with van der Waals surface area (Å²) in [6.45, 7) is 1.89. The van der Waals surface area contributed by atoms with Gasteiger partial charge in [-0.2, -0.15) is 0 Å². The van der Waals surface area contributed by atoms with Gasteiger partial charge in [0.1, 0.15) is 4.99 Å². The lowest BCUT2D eigenvalue weighted by Gasteiger charge is -2.11. The van der Waals surface area contributed by atoms with E-state index in [0.717, 1.165) is 5.56 Å². The molecule has 2 aromatic rings. The fourth-order valence-corrected chi connectivity index (χ4v) is 2.09. The Kier molecular flexibility index (Phi) is 4.37. The SMILES string of the molecule is Cc1ccc(C(N)=S)cc1NC(=O)c1ccccc1Cl. The van der Waals surface area contributed by atoms with Gasteiger partial charge in [-0.25, -0.2) is 0 Å². The molecule has 0 spiro atoms. The van der Waals surface area contributed by atoms with Gasteiger partial charge in [0.15, 0.2) is 0 Å². The Hall–Kier alpha value is -1.91. The highest BCUT2D eigenvalue weighted by Gasteiger charge is 2.11. The van der Waals surface area contributed by atoms with Gasteiger partial charge in [-0.3, -0.25) is 4.79 Å². The monoisotopic (exact) mass is 304 g/mol. The molecule has 0 aliphatic heterocycles. The highest BCUT2D eigenvalue weighted by molar-refractivity contribution is 7.80. The van der Waals surface area contributed by atoms with Crippen LogP contribution in [-0.4, -0.2) is 10.9 Å². The molecule has 0 heterocycles. The molecular weight excluding hydrogens is 292 g/mol. The lowest BCUT2D eigenvalue weighted by molar-refractivity contribution is 0.102. The molecule has 0 saturated carbocycles. The molecule has 3 nitrogen and oxygen atoms in total. The molecule has 0 aliphatic rings. The van der Waals surface area contributed by atoms with Crippen molar-refractivity contribution >= 4 is 40.4 Å². The Bertz CT molecular complexity index is 685. The third kappa shape index (κ3) is 3.15. The van der Waals surface area contributed by atoms with Gasteiger partial charge in [-0.05, 0) is 30.7 Å². The summed E-state index contributed by atoms with van der Waals surface area (Å²) in [7, 11) is 0. The molecule has 0 aromatic heterocycles.